The van der Waals surface area contributed by atoms with Crippen LogP contribution >= 0.6 is 0 Å². The van der Waals surface area contributed by atoms with Crippen LogP contribution in [-0.2, 0) is 12.8 Å². The van der Waals surface area contributed by atoms with Crippen molar-refractivity contribution in [3.05, 3.63) is 41.8 Å². The van der Waals surface area contributed by atoms with Crippen molar-refractivity contribution in [2.24, 2.45) is 11.7 Å². The zero-order valence-electron chi connectivity index (χ0n) is 11.4. The van der Waals surface area contributed by atoms with Crippen LogP contribution in [-0.4, -0.2) is 21.2 Å². The molecule has 102 valence electrons. The Hall–Kier alpha value is -1.75. The van der Waals surface area contributed by atoms with Gasteiger partial charge in [-0.1, -0.05) is 25.1 Å². The zero-order valence-corrected chi connectivity index (χ0v) is 11.4. The first-order valence-corrected chi connectivity index (χ1v) is 6.59. The van der Waals surface area contributed by atoms with Gasteiger partial charge in [0.05, 0.1) is 0 Å². The Bertz CT molecular complexity index is 495. The Kier molecular flexibility index (Phi) is 4.63. The molecule has 0 aliphatic carbocycles. The van der Waals surface area contributed by atoms with E-state index in [1.807, 2.05) is 12.1 Å². The molecule has 0 saturated heterocycles. The predicted octanol–water partition coefficient (Wildman–Crippen LogP) is 1.97. The van der Waals surface area contributed by atoms with E-state index >= 15 is 0 Å². The molecule has 0 aliphatic rings. The van der Waals surface area contributed by atoms with Crippen LogP contribution in [0.2, 0.25) is 0 Å². The van der Waals surface area contributed by atoms with Gasteiger partial charge in [-0.15, -0.1) is 0 Å². The lowest BCUT2D eigenvalue weighted by atomic mass is 10.0. The van der Waals surface area contributed by atoms with Gasteiger partial charge in [-0.05, 0) is 24.0 Å². The highest BCUT2D eigenvalue weighted by molar-refractivity contribution is 5.13. The summed E-state index contributed by atoms with van der Waals surface area (Å²) in [6.45, 7) is 4.31. The predicted molar refractivity (Wildman–Crippen MR) is 72.5 cm³/mol. The van der Waals surface area contributed by atoms with Gasteiger partial charge in [0.25, 0.3) is 0 Å². The molecular formula is C14H20N4O. The minimum Gasteiger partial charge on any atom is -0.339 e. The second-order valence-corrected chi connectivity index (χ2v) is 5.24. The van der Waals surface area contributed by atoms with Gasteiger partial charge in [-0.25, -0.2) is 0 Å². The van der Waals surface area contributed by atoms with Gasteiger partial charge < -0.3 is 10.3 Å². The van der Waals surface area contributed by atoms with Crippen LogP contribution in [0.4, 0.5) is 0 Å². The SMILES string of the molecule is CC(C)CC(N)Cc1nc(Cc2cccnc2)no1. The highest BCUT2D eigenvalue weighted by atomic mass is 16.5. The molecule has 5 nitrogen and oxygen atoms in total. The van der Waals surface area contributed by atoms with Crippen LogP contribution in [0.15, 0.2) is 29.0 Å². The normalized spacial score (nSPS) is 12.8. The molecule has 0 aliphatic heterocycles. The number of nitrogens with zero attached hydrogens (tertiary/aromatic N) is 3. The lowest BCUT2D eigenvalue weighted by Gasteiger charge is -2.10. The molecular weight excluding hydrogens is 240 g/mol. The van der Waals surface area contributed by atoms with E-state index < -0.39 is 0 Å². The average molecular weight is 260 g/mol. The van der Waals surface area contributed by atoms with Crippen LogP contribution in [0.3, 0.4) is 0 Å². The number of hydrogen-bond acceptors (Lipinski definition) is 5. The van der Waals surface area contributed by atoms with Crippen LogP contribution < -0.4 is 5.73 Å². The number of pyridine rings is 1. The second-order valence-electron chi connectivity index (χ2n) is 5.24. The molecule has 0 fully saturated rings. The molecule has 2 heterocycles. The van der Waals surface area contributed by atoms with Crippen molar-refractivity contribution in [2.75, 3.05) is 0 Å². The van der Waals surface area contributed by atoms with Crippen LogP contribution in [0.1, 0.15) is 37.5 Å². The largest absolute Gasteiger partial charge is 0.339 e. The van der Waals surface area contributed by atoms with Gasteiger partial charge >= 0.3 is 0 Å². The maximum absolute atomic E-state index is 6.03. The molecule has 0 radical (unpaired) electrons. The van der Waals surface area contributed by atoms with Crippen LogP contribution in [0.25, 0.3) is 0 Å². The lowest BCUT2D eigenvalue weighted by Crippen LogP contribution is -2.24. The fourth-order valence-electron chi connectivity index (χ4n) is 2.04. The fourth-order valence-corrected chi connectivity index (χ4v) is 2.04. The summed E-state index contributed by atoms with van der Waals surface area (Å²) >= 11 is 0. The molecule has 0 saturated carbocycles. The minimum atomic E-state index is 0.0756. The first-order valence-electron chi connectivity index (χ1n) is 6.59. The molecule has 0 spiro atoms. The molecule has 19 heavy (non-hydrogen) atoms. The molecule has 5 heteroatoms. The first kappa shape index (κ1) is 13.7. The average Bonchev–Trinajstić information content (AvgIpc) is 2.76. The maximum atomic E-state index is 6.03. The van der Waals surface area contributed by atoms with Crippen molar-refractivity contribution < 1.29 is 4.52 Å². The van der Waals surface area contributed by atoms with Crippen molar-refractivity contribution in [1.29, 1.82) is 0 Å². The summed E-state index contributed by atoms with van der Waals surface area (Å²) in [5, 5.41) is 3.97. The van der Waals surface area contributed by atoms with Crippen molar-refractivity contribution in [3.63, 3.8) is 0 Å². The standard InChI is InChI=1S/C14H20N4O/c1-10(2)6-12(15)8-14-17-13(18-19-14)7-11-4-3-5-16-9-11/h3-5,9-10,12H,6-8,15H2,1-2H3. The Balaban J connectivity index is 1.92. The zero-order chi connectivity index (χ0) is 13.7. The highest BCUT2D eigenvalue weighted by Gasteiger charge is 2.12. The lowest BCUT2D eigenvalue weighted by molar-refractivity contribution is 0.355. The topological polar surface area (TPSA) is 77.8 Å². The quantitative estimate of drug-likeness (QED) is 0.859. The van der Waals surface area contributed by atoms with Gasteiger partial charge in [0, 0.05) is 31.3 Å². The molecule has 1 unspecified atom stereocenters. The molecule has 2 aromatic heterocycles. The third-order valence-corrected chi connectivity index (χ3v) is 2.81. The Morgan fingerprint density at radius 1 is 1.37 bits per heavy atom. The number of hydrogen-bond donors (Lipinski definition) is 1. The maximum Gasteiger partial charge on any atom is 0.228 e. The van der Waals surface area contributed by atoms with Crippen molar-refractivity contribution >= 4 is 0 Å². The summed E-state index contributed by atoms with van der Waals surface area (Å²) in [5.41, 5.74) is 7.10. The molecule has 2 aromatic rings. The van der Waals surface area contributed by atoms with E-state index in [9.17, 15) is 0 Å². The summed E-state index contributed by atoms with van der Waals surface area (Å²) in [6.07, 6.45) is 5.78. The van der Waals surface area contributed by atoms with Crippen LogP contribution in [0, 0.1) is 5.92 Å². The van der Waals surface area contributed by atoms with E-state index in [-0.39, 0.29) is 6.04 Å². The van der Waals surface area contributed by atoms with E-state index in [2.05, 4.69) is 29.0 Å². The first-order chi connectivity index (χ1) is 9.13. The second kappa shape index (κ2) is 6.43. The molecule has 0 bridgehead atoms. The highest BCUT2D eigenvalue weighted by Crippen LogP contribution is 2.10. The van der Waals surface area contributed by atoms with E-state index in [1.165, 1.54) is 0 Å². The smallest absolute Gasteiger partial charge is 0.228 e. The molecule has 2 N–H and O–H groups in total. The third-order valence-electron chi connectivity index (χ3n) is 2.81. The van der Waals surface area contributed by atoms with Gasteiger partial charge in [0.2, 0.25) is 5.89 Å². The van der Waals surface area contributed by atoms with Gasteiger partial charge in [0.1, 0.15) is 0 Å². The fraction of sp³-hybridized carbons (Fsp3) is 0.500. The van der Waals surface area contributed by atoms with Gasteiger partial charge in [-0.3, -0.25) is 4.98 Å². The third kappa shape index (κ3) is 4.44. The molecule has 0 aromatic carbocycles. The number of aromatic nitrogens is 3. The van der Waals surface area contributed by atoms with E-state index in [4.69, 9.17) is 10.3 Å². The molecule has 1 atom stereocenters. The van der Waals surface area contributed by atoms with Crippen molar-refractivity contribution in [3.8, 4) is 0 Å². The van der Waals surface area contributed by atoms with Crippen molar-refractivity contribution in [2.45, 2.75) is 39.2 Å². The minimum absolute atomic E-state index is 0.0756. The van der Waals surface area contributed by atoms with Gasteiger partial charge in [0.15, 0.2) is 5.82 Å². The van der Waals surface area contributed by atoms with Gasteiger partial charge in [-0.2, -0.15) is 4.98 Å². The Morgan fingerprint density at radius 2 is 2.21 bits per heavy atom. The van der Waals surface area contributed by atoms with E-state index in [1.54, 1.807) is 12.4 Å². The van der Waals surface area contributed by atoms with Crippen LogP contribution in [0.5, 0.6) is 0 Å². The Morgan fingerprint density at radius 3 is 2.89 bits per heavy atom. The summed E-state index contributed by atoms with van der Waals surface area (Å²) in [7, 11) is 0. The summed E-state index contributed by atoms with van der Waals surface area (Å²) in [4.78, 5) is 8.43. The van der Waals surface area contributed by atoms with E-state index in [0.29, 0.717) is 30.5 Å². The number of rotatable bonds is 6. The van der Waals surface area contributed by atoms with E-state index in [0.717, 1.165) is 12.0 Å². The molecule has 2 rings (SSSR count). The van der Waals surface area contributed by atoms with Crippen molar-refractivity contribution in [1.82, 2.24) is 15.1 Å². The number of nitrogens with two attached hydrogens (primary N) is 1. The summed E-state index contributed by atoms with van der Waals surface area (Å²) in [6, 6.07) is 3.97. The monoisotopic (exact) mass is 260 g/mol. The Labute approximate surface area is 113 Å². The summed E-state index contributed by atoms with van der Waals surface area (Å²) < 4.78 is 5.23. The molecule has 0 amide bonds. The summed E-state index contributed by atoms with van der Waals surface area (Å²) in [5.74, 6) is 1.87.